The van der Waals surface area contributed by atoms with E-state index in [4.69, 9.17) is 0 Å². The van der Waals surface area contributed by atoms with Gasteiger partial charge in [0, 0.05) is 12.3 Å². The molecule has 114 valence electrons. The fourth-order valence-electron chi connectivity index (χ4n) is 3.58. The highest BCUT2D eigenvalue weighted by molar-refractivity contribution is 5.87. The second kappa shape index (κ2) is 6.91. The minimum atomic E-state index is 0.107. The van der Waals surface area contributed by atoms with Crippen molar-refractivity contribution in [3.63, 3.8) is 0 Å². The van der Waals surface area contributed by atoms with E-state index >= 15 is 0 Å². The summed E-state index contributed by atoms with van der Waals surface area (Å²) in [5.74, 6) is 0.920. The van der Waals surface area contributed by atoms with Crippen LogP contribution in [0.1, 0.15) is 61.1 Å². The molecule has 22 heavy (non-hydrogen) atoms. The van der Waals surface area contributed by atoms with Gasteiger partial charge >= 0.3 is 0 Å². The number of rotatable bonds is 4. The van der Waals surface area contributed by atoms with Crippen LogP contribution in [0.15, 0.2) is 54.6 Å². The van der Waals surface area contributed by atoms with Gasteiger partial charge in [-0.3, -0.25) is 4.79 Å². The summed E-state index contributed by atoms with van der Waals surface area (Å²) in [5, 5.41) is 0. The third-order valence-electron chi connectivity index (χ3n) is 4.83. The van der Waals surface area contributed by atoms with Crippen molar-refractivity contribution < 1.29 is 4.79 Å². The average molecular weight is 292 g/mol. The maximum Gasteiger partial charge on any atom is 0.140 e. The van der Waals surface area contributed by atoms with Gasteiger partial charge in [0.25, 0.3) is 0 Å². The number of carbonyl (C=O) groups is 1. The average Bonchev–Trinajstić information content (AvgIpc) is 2.57. The van der Waals surface area contributed by atoms with E-state index in [1.165, 1.54) is 23.1 Å². The zero-order chi connectivity index (χ0) is 15.4. The minimum absolute atomic E-state index is 0.107. The zero-order valence-electron chi connectivity index (χ0n) is 13.3. The maximum absolute atomic E-state index is 12.6. The molecule has 0 aromatic heterocycles. The summed E-state index contributed by atoms with van der Waals surface area (Å²) in [4.78, 5) is 12.6. The summed E-state index contributed by atoms with van der Waals surface area (Å²) < 4.78 is 0. The zero-order valence-corrected chi connectivity index (χ0v) is 13.3. The molecule has 1 aliphatic rings. The van der Waals surface area contributed by atoms with E-state index in [2.05, 4.69) is 55.5 Å². The van der Waals surface area contributed by atoms with E-state index in [0.29, 0.717) is 18.1 Å². The standard InChI is InChI=1S/C21H24O/c1-2-6-16-9-11-18(12-10-16)20-14-13-19(15-21(20)22)17-7-4-3-5-8-17/h3-5,7-12,19-20H,2,6,13-15H2,1H3. The molecule has 2 unspecified atom stereocenters. The molecule has 0 radical (unpaired) electrons. The van der Waals surface area contributed by atoms with Gasteiger partial charge in [0.1, 0.15) is 5.78 Å². The van der Waals surface area contributed by atoms with Crippen molar-refractivity contribution >= 4 is 5.78 Å². The first-order valence-electron chi connectivity index (χ1n) is 8.44. The van der Waals surface area contributed by atoms with Crippen molar-refractivity contribution in [2.75, 3.05) is 0 Å². The molecule has 0 bridgehead atoms. The van der Waals surface area contributed by atoms with Crippen LogP contribution in [-0.4, -0.2) is 5.78 Å². The van der Waals surface area contributed by atoms with E-state index in [1.807, 2.05) is 6.07 Å². The van der Waals surface area contributed by atoms with Crippen LogP contribution in [0.4, 0.5) is 0 Å². The molecular weight excluding hydrogens is 268 g/mol. The number of Topliss-reactive ketones (excluding diaryl/α,β-unsaturated/α-hetero) is 1. The molecule has 2 atom stereocenters. The Morgan fingerprint density at radius 3 is 2.27 bits per heavy atom. The Kier molecular flexibility index (Phi) is 4.72. The molecule has 0 N–H and O–H groups in total. The largest absolute Gasteiger partial charge is 0.299 e. The van der Waals surface area contributed by atoms with Gasteiger partial charge in [0.15, 0.2) is 0 Å². The molecule has 1 heteroatoms. The van der Waals surface area contributed by atoms with Crippen molar-refractivity contribution in [2.24, 2.45) is 0 Å². The normalized spacial score (nSPS) is 21.8. The van der Waals surface area contributed by atoms with Crippen LogP contribution in [-0.2, 0) is 11.2 Å². The van der Waals surface area contributed by atoms with Gasteiger partial charge in [-0.25, -0.2) is 0 Å². The Bertz CT molecular complexity index is 612. The fraction of sp³-hybridized carbons (Fsp3) is 0.381. The Labute approximate surface area is 133 Å². The summed E-state index contributed by atoms with van der Waals surface area (Å²) in [5.41, 5.74) is 3.89. The number of hydrogen-bond donors (Lipinski definition) is 0. The predicted molar refractivity (Wildman–Crippen MR) is 91.2 cm³/mol. The molecule has 1 saturated carbocycles. The summed E-state index contributed by atoms with van der Waals surface area (Å²) >= 11 is 0. The Morgan fingerprint density at radius 1 is 0.909 bits per heavy atom. The predicted octanol–water partition coefficient (Wildman–Crippen LogP) is 5.26. The number of ketones is 1. The van der Waals surface area contributed by atoms with Crippen molar-refractivity contribution in [2.45, 2.75) is 50.9 Å². The van der Waals surface area contributed by atoms with Crippen LogP contribution >= 0.6 is 0 Å². The molecule has 2 aromatic rings. The van der Waals surface area contributed by atoms with Gasteiger partial charge in [-0.15, -0.1) is 0 Å². The van der Waals surface area contributed by atoms with Crippen LogP contribution in [0, 0.1) is 0 Å². The lowest BCUT2D eigenvalue weighted by Crippen LogP contribution is -2.22. The fourth-order valence-corrected chi connectivity index (χ4v) is 3.58. The van der Waals surface area contributed by atoms with Crippen molar-refractivity contribution in [3.8, 4) is 0 Å². The van der Waals surface area contributed by atoms with E-state index < -0.39 is 0 Å². The van der Waals surface area contributed by atoms with E-state index in [1.54, 1.807) is 0 Å². The summed E-state index contributed by atoms with van der Waals surface area (Å²) in [7, 11) is 0. The van der Waals surface area contributed by atoms with Gasteiger partial charge in [0.05, 0.1) is 0 Å². The van der Waals surface area contributed by atoms with Gasteiger partial charge in [-0.05, 0) is 41.9 Å². The molecule has 0 spiro atoms. The summed E-state index contributed by atoms with van der Waals surface area (Å²) in [6.45, 7) is 2.20. The van der Waals surface area contributed by atoms with Gasteiger partial charge < -0.3 is 0 Å². The molecule has 3 rings (SSSR count). The molecule has 1 fully saturated rings. The Hall–Kier alpha value is -1.89. The molecule has 1 aliphatic carbocycles. The van der Waals surface area contributed by atoms with Crippen LogP contribution < -0.4 is 0 Å². The smallest absolute Gasteiger partial charge is 0.140 e. The minimum Gasteiger partial charge on any atom is -0.299 e. The third kappa shape index (κ3) is 3.30. The second-order valence-electron chi connectivity index (χ2n) is 6.40. The second-order valence-corrected chi connectivity index (χ2v) is 6.40. The maximum atomic E-state index is 12.6. The van der Waals surface area contributed by atoms with Crippen LogP contribution in [0.2, 0.25) is 0 Å². The first-order chi connectivity index (χ1) is 10.8. The highest BCUT2D eigenvalue weighted by atomic mass is 16.1. The lowest BCUT2D eigenvalue weighted by Gasteiger charge is -2.28. The number of benzene rings is 2. The van der Waals surface area contributed by atoms with Crippen LogP contribution in [0.25, 0.3) is 0 Å². The SMILES string of the molecule is CCCc1ccc(C2CCC(c3ccccc3)CC2=O)cc1. The monoisotopic (exact) mass is 292 g/mol. The van der Waals surface area contributed by atoms with Crippen molar-refractivity contribution in [1.29, 1.82) is 0 Å². The van der Waals surface area contributed by atoms with E-state index in [9.17, 15) is 4.79 Å². The van der Waals surface area contributed by atoms with Gasteiger partial charge in [-0.1, -0.05) is 67.9 Å². The molecular formula is C21H24O. The van der Waals surface area contributed by atoms with Gasteiger partial charge in [-0.2, -0.15) is 0 Å². The molecule has 2 aromatic carbocycles. The number of aryl methyl sites for hydroxylation is 1. The molecule has 0 heterocycles. The van der Waals surface area contributed by atoms with E-state index in [-0.39, 0.29) is 5.92 Å². The first-order valence-corrected chi connectivity index (χ1v) is 8.44. The highest BCUT2D eigenvalue weighted by Gasteiger charge is 2.30. The van der Waals surface area contributed by atoms with E-state index in [0.717, 1.165) is 19.3 Å². The lowest BCUT2D eigenvalue weighted by molar-refractivity contribution is -0.122. The molecule has 0 aliphatic heterocycles. The topological polar surface area (TPSA) is 17.1 Å². The highest BCUT2D eigenvalue weighted by Crippen LogP contribution is 2.38. The third-order valence-corrected chi connectivity index (χ3v) is 4.83. The Morgan fingerprint density at radius 2 is 1.64 bits per heavy atom. The van der Waals surface area contributed by atoms with Crippen LogP contribution in [0.3, 0.4) is 0 Å². The summed E-state index contributed by atoms with van der Waals surface area (Å²) in [6.07, 6.45) is 5.06. The van der Waals surface area contributed by atoms with Crippen molar-refractivity contribution in [3.05, 3.63) is 71.3 Å². The van der Waals surface area contributed by atoms with Crippen LogP contribution in [0.5, 0.6) is 0 Å². The summed E-state index contributed by atoms with van der Waals surface area (Å²) in [6, 6.07) is 19.2. The first kappa shape index (κ1) is 15.0. The molecule has 1 nitrogen and oxygen atoms in total. The lowest BCUT2D eigenvalue weighted by atomic mass is 9.75. The molecule has 0 amide bonds. The van der Waals surface area contributed by atoms with Crippen molar-refractivity contribution in [1.82, 2.24) is 0 Å². The number of carbonyl (C=O) groups excluding carboxylic acids is 1. The number of hydrogen-bond acceptors (Lipinski definition) is 1. The quantitative estimate of drug-likeness (QED) is 0.751. The van der Waals surface area contributed by atoms with Gasteiger partial charge in [0.2, 0.25) is 0 Å². The Balaban J connectivity index is 1.69. The molecule has 0 saturated heterocycles.